The van der Waals surface area contributed by atoms with Crippen molar-refractivity contribution in [3.05, 3.63) is 71.2 Å². The van der Waals surface area contributed by atoms with E-state index in [1.54, 1.807) is 24.3 Å². The molecule has 1 amide bonds. The third-order valence-electron chi connectivity index (χ3n) is 6.45. The van der Waals surface area contributed by atoms with E-state index in [0.29, 0.717) is 11.8 Å². The van der Waals surface area contributed by atoms with Crippen molar-refractivity contribution in [2.45, 2.75) is 51.7 Å². The molecule has 1 heterocycles. The van der Waals surface area contributed by atoms with Gasteiger partial charge in [0.25, 0.3) is 5.91 Å². The van der Waals surface area contributed by atoms with E-state index in [4.69, 9.17) is 4.43 Å². The van der Waals surface area contributed by atoms with E-state index in [1.165, 1.54) is 25.2 Å². The lowest BCUT2D eigenvalue weighted by Crippen LogP contribution is -2.40. The van der Waals surface area contributed by atoms with Gasteiger partial charge < -0.3 is 20.4 Å². The number of amides is 1. The summed E-state index contributed by atoms with van der Waals surface area (Å²) < 4.78 is 62.0. The monoisotopic (exact) mass is 549 g/mol. The first-order valence-corrected chi connectivity index (χ1v) is 14.7. The van der Waals surface area contributed by atoms with Gasteiger partial charge in [0.1, 0.15) is 17.2 Å². The Labute approximate surface area is 220 Å². The second-order valence-corrected chi connectivity index (χ2v) is 15.0. The summed E-state index contributed by atoms with van der Waals surface area (Å²) in [6.07, 6.45) is -4.14. The number of nitrogens with zero attached hydrogens (tertiary/aromatic N) is 2. The number of alkyl halides is 3. The molecule has 0 bridgehead atoms. The highest BCUT2D eigenvalue weighted by molar-refractivity contribution is 6.74. The third kappa shape index (κ3) is 6.87. The Kier molecular flexibility index (Phi) is 8.47. The topological polar surface area (TPSA) is 88.2 Å². The lowest BCUT2D eigenvalue weighted by Gasteiger charge is -2.36. The molecule has 2 aromatic carbocycles. The first-order chi connectivity index (χ1) is 17.6. The van der Waals surface area contributed by atoms with Crippen LogP contribution >= 0.6 is 0 Å². The van der Waals surface area contributed by atoms with Crippen LogP contribution in [0.2, 0.25) is 18.1 Å². The minimum Gasteiger partial charge on any atom is -0.412 e. The molecule has 0 atom stereocenters. The van der Waals surface area contributed by atoms with Crippen LogP contribution in [-0.2, 0) is 17.2 Å². The molecule has 0 spiro atoms. The zero-order valence-corrected chi connectivity index (χ0v) is 23.0. The number of benzene rings is 2. The first-order valence-electron chi connectivity index (χ1n) is 11.8. The maximum atomic E-state index is 14.8. The summed E-state index contributed by atoms with van der Waals surface area (Å²) in [7, 11) is -0.671. The molecule has 0 aliphatic heterocycles. The standard InChI is InChI=1S/C26H31F4N5O2Si/c1-25(2,3)38(5,6)37-15-16-11-12-17(13-20(16)27)33-24-32-14-19(26(28,29)30)22(35-24)34-21-10-8-7-9-18(21)23(36)31-4/h7-14H,15H2,1-6H3,(H,31,36)(H2,32,33,34,35). The lowest BCUT2D eigenvalue weighted by molar-refractivity contribution is -0.137. The number of aromatic nitrogens is 2. The normalized spacial score (nSPS) is 12.3. The molecular formula is C26H31F4N5O2Si. The van der Waals surface area contributed by atoms with Crippen molar-refractivity contribution in [2.75, 3.05) is 17.7 Å². The van der Waals surface area contributed by atoms with Gasteiger partial charge in [-0.1, -0.05) is 39.0 Å². The van der Waals surface area contributed by atoms with Crippen molar-refractivity contribution in [1.29, 1.82) is 0 Å². The molecule has 204 valence electrons. The molecule has 0 radical (unpaired) electrons. The Morgan fingerprint density at radius 1 is 1.05 bits per heavy atom. The van der Waals surface area contributed by atoms with Crippen LogP contribution in [0.1, 0.15) is 42.3 Å². The maximum Gasteiger partial charge on any atom is 0.421 e. The average molecular weight is 550 g/mol. The van der Waals surface area contributed by atoms with Crippen LogP contribution < -0.4 is 16.0 Å². The van der Waals surface area contributed by atoms with Crippen LogP contribution in [-0.4, -0.2) is 31.2 Å². The van der Waals surface area contributed by atoms with Crippen molar-refractivity contribution in [3.8, 4) is 0 Å². The van der Waals surface area contributed by atoms with Crippen molar-refractivity contribution >= 4 is 37.4 Å². The summed E-state index contributed by atoms with van der Waals surface area (Å²) in [5.74, 6) is -1.77. The van der Waals surface area contributed by atoms with E-state index in [2.05, 4.69) is 59.8 Å². The molecule has 0 aliphatic carbocycles. The highest BCUT2D eigenvalue weighted by atomic mass is 28.4. The minimum atomic E-state index is -4.76. The summed E-state index contributed by atoms with van der Waals surface area (Å²) >= 11 is 0. The molecule has 0 saturated carbocycles. The van der Waals surface area contributed by atoms with Gasteiger partial charge in [-0.25, -0.2) is 9.37 Å². The Morgan fingerprint density at radius 3 is 2.34 bits per heavy atom. The summed E-state index contributed by atoms with van der Waals surface area (Å²) in [4.78, 5) is 19.9. The predicted molar refractivity (Wildman–Crippen MR) is 142 cm³/mol. The Hall–Kier alpha value is -3.51. The van der Waals surface area contributed by atoms with E-state index in [-0.39, 0.29) is 34.5 Å². The van der Waals surface area contributed by atoms with Gasteiger partial charge in [0.2, 0.25) is 5.95 Å². The minimum absolute atomic E-state index is 0.0303. The van der Waals surface area contributed by atoms with E-state index in [1.807, 2.05) is 0 Å². The van der Waals surface area contributed by atoms with Crippen molar-refractivity contribution < 1.29 is 26.8 Å². The summed E-state index contributed by atoms with van der Waals surface area (Å²) in [5.41, 5.74) is -0.260. The number of carbonyl (C=O) groups excluding carboxylic acids is 1. The zero-order valence-electron chi connectivity index (χ0n) is 22.0. The van der Waals surface area contributed by atoms with Crippen molar-refractivity contribution in [3.63, 3.8) is 0 Å². The number of anilines is 4. The van der Waals surface area contributed by atoms with Crippen LogP contribution in [0.4, 0.5) is 40.7 Å². The second-order valence-electron chi connectivity index (χ2n) is 10.2. The van der Waals surface area contributed by atoms with Gasteiger partial charge in [0.15, 0.2) is 8.32 Å². The Morgan fingerprint density at radius 2 is 1.74 bits per heavy atom. The molecule has 3 rings (SSSR count). The van der Waals surface area contributed by atoms with Crippen LogP contribution in [0.25, 0.3) is 0 Å². The van der Waals surface area contributed by atoms with E-state index in [9.17, 15) is 22.4 Å². The third-order valence-corrected chi connectivity index (χ3v) is 10.9. The molecule has 3 aromatic rings. The maximum absolute atomic E-state index is 14.8. The SMILES string of the molecule is CNC(=O)c1ccccc1Nc1nc(Nc2ccc(CO[Si](C)(C)C(C)(C)C)c(F)c2)ncc1C(F)(F)F. The van der Waals surface area contributed by atoms with Crippen molar-refractivity contribution in [2.24, 2.45) is 0 Å². The van der Waals surface area contributed by atoms with Crippen LogP contribution in [0.15, 0.2) is 48.7 Å². The largest absolute Gasteiger partial charge is 0.421 e. The number of para-hydroxylation sites is 1. The molecule has 7 nitrogen and oxygen atoms in total. The molecule has 0 unspecified atom stereocenters. The van der Waals surface area contributed by atoms with E-state index >= 15 is 0 Å². The lowest BCUT2D eigenvalue weighted by atomic mass is 10.1. The van der Waals surface area contributed by atoms with Crippen LogP contribution in [0.3, 0.4) is 0 Å². The molecule has 12 heteroatoms. The Balaban J connectivity index is 1.87. The van der Waals surface area contributed by atoms with Crippen molar-refractivity contribution in [1.82, 2.24) is 15.3 Å². The van der Waals surface area contributed by atoms with Gasteiger partial charge >= 0.3 is 6.18 Å². The number of halogens is 4. The van der Waals surface area contributed by atoms with E-state index < -0.39 is 37.6 Å². The fourth-order valence-corrected chi connectivity index (χ4v) is 4.09. The fraction of sp³-hybridized carbons (Fsp3) is 0.346. The molecule has 3 N–H and O–H groups in total. The molecule has 0 aliphatic rings. The summed E-state index contributed by atoms with van der Waals surface area (Å²) in [6, 6.07) is 10.4. The van der Waals surface area contributed by atoms with Crippen LogP contribution in [0.5, 0.6) is 0 Å². The smallest absolute Gasteiger partial charge is 0.412 e. The number of nitrogens with one attached hydrogen (secondary N) is 3. The molecule has 38 heavy (non-hydrogen) atoms. The van der Waals surface area contributed by atoms with Gasteiger partial charge in [-0.15, -0.1) is 0 Å². The average Bonchev–Trinajstić information content (AvgIpc) is 2.82. The molecule has 0 fully saturated rings. The van der Waals surface area contributed by atoms with Crippen LogP contribution in [0, 0.1) is 5.82 Å². The van der Waals surface area contributed by atoms with Gasteiger partial charge in [0.05, 0.1) is 17.9 Å². The molecule has 1 aromatic heterocycles. The number of hydrogen-bond acceptors (Lipinski definition) is 6. The quantitative estimate of drug-likeness (QED) is 0.207. The fourth-order valence-electron chi connectivity index (χ4n) is 3.14. The van der Waals surface area contributed by atoms with Gasteiger partial charge in [-0.05, 0) is 42.4 Å². The zero-order chi connectivity index (χ0) is 28.3. The van der Waals surface area contributed by atoms with Gasteiger partial charge in [-0.2, -0.15) is 18.2 Å². The Bertz CT molecular complexity index is 1310. The van der Waals surface area contributed by atoms with E-state index in [0.717, 1.165) is 0 Å². The number of hydrogen-bond donors (Lipinski definition) is 3. The number of carbonyl (C=O) groups is 1. The summed E-state index contributed by atoms with van der Waals surface area (Å²) in [6.45, 7) is 10.5. The van der Waals surface area contributed by atoms with Gasteiger partial charge in [-0.3, -0.25) is 4.79 Å². The highest BCUT2D eigenvalue weighted by Gasteiger charge is 2.37. The summed E-state index contributed by atoms with van der Waals surface area (Å²) in [5, 5.41) is 7.75. The predicted octanol–water partition coefficient (Wildman–Crippen LogP) is 7.00. The first kappa shape index (κ1) is 29.0. The van der Waals surface area contributed by atoms with Gasteiger partial charge in [0, 0.05) is 24.5 Å². The second kappa shape index (κ2) is 11.1. The number of rotatable bonds is 8. The molecular weight excluding hydrogens is 518 g/mol. The highest BCUT2D eigenvalue weighted by Crippen LogP contribution is 2.38. The molecule has 0 saturated heterocycles.